The molecule has 0 saturated carbocycles. The van der Waals surface area contributed by atoms with Gasteiger partial charge >= 0.3 is 0 Å². The summed E-state index contributed by atoms with van der Waals surface area (Å²) in [6.07, 6.45) is 0.663. The summed E-state index contributed by atoms with van der Waals surface area (Å²) in [7, 11) is 1.79. The van der Waals surface area contributed by atoms with E-state index in [0.717, 1.165) is 43.7 Å². The average Bonchev–Trinajstić information content (AvgIpc) is 3.15. The molecule has 1 aliphatic heterocycles. The van der Waals surface area contributed by atoms with Crippen LogP contribution >= 0.6 is 24.0 Å². The molecule has 0 amide bonds. The number of guanidine groups is 1. The highest BCUT2D eigenvalue weighted by Crippen LogP contribution is 2.27. The maximum absolute atomic E-state index is 10.0. The molecule has 0 atom stereocenters. The number of nitrogens with zero attached hydrogens (tertiary/aromatic N) is 5. The van der Waals surface area contributed by atoms with Crippen molar-refractivity contribution < 1.29 is 9.63 Å². The van der Waals surface area contributed by atoms with Gasteiger partial charge in [0.1, 0.15) is 5.75 Å². The summed E-state index contributed by atoms with van der Waals surface area (Å²) < 4.78 is 5.28. The Morgan fingerprint density at radius 3 is 2.57 bits per heavy atom. The lowest BCUT2D eigenvalue weighted by Crippen LogP contribution is -2.52. The standard InChI is InChI=1S/C19H28N6O2.HI/c1-14(2)18-22-17(27-23-18)8-9-21-19(20-3)25-12-10-24(11-13-25)15-6-4-5-7-16(15)26;/h4-7,14,26H,8-13H2,1-3H3,(H,20,21);1H. The van der Waals surface area contributed by atoms with Gasteiger partial charge in [-0.15, -0.1) is 24.0 Å². The zero-order valence-electron chi connectivity index (χ0n) is 16.6. The van der Waals surface area contributed by atoms with Gasteiger partial charge in [-0.05, 0) is 12.1 Å². The van der Waals surface area contributed by atoms with Crippen LogP contribution in [0.3, 0.4) is 0 Å². The lowest BCUT2D eigenvalue weighted by molar-refractivity contribution is 0.361. The largest absolute Gasteiger partial charge is 0.506 e. The van der Waals surface area contributed by atoms with Crippen molar-refractivity contribution in [3.05, 3.63) is 36.0 Å². The highest BCUT2D eigenvalue weighted by atomic mass is 127. The van der Waals surface area contributed by atoms with Crippen molar-refractivity contribution in [1.82, 2.24) is 20.4 Å². The van der Waals surface area contributed by atoms with Gasteiger partial charge in [0.05, 0.1) is 5.69 Å². The van der Waals surface area contributed by atoms with Crippen LogP contribution in [0, 0.1) is 0 Å². The molecule has 0 aliphatic carbocycles. The number of hydrogen-bond donors (Lipinski definition) is 2. The summed E-state index contributed by atoms with van der Waals surface area (Å²) in [4.78, 5) is 13.2. The summed E-state index contributed by atoms with van der Waals surface area (Å²) in [5.41, 5.74) is 0.887. The molecule has 9 heteroatoms. The van der Waals surface area contributed by atoms with E-state index in [2.05, 4.69) is 30.2 Å². The third-order valence-corrected chi connectivity index (χ3v) is 4.64. The van der Waals surface area contributed by atoms with Gasteiger partial charge in [0.15, 0.2) is 11.8 Å². The molecule has 2 N–H and O–H groups in total. The van der Waals surface area contributed by atoms with E-state index in [1.165, 1.54) is 0 Å². The zero-order valence-corrected chi connectivity index (χ0v) is 19.0. The van der Waals surface area contributed by atoms with Gasteiger partial charge in [-0.25, -0.2) is 0 Å². The summed E-state index contributed by atoms with van der Waals surface area (Å²) in [6, 6.07) is 7.47. The molecule has 1 aromatic carbocycles. The fraction of sp³-hybridized carbons (Fsp3) is 0.526. The Bertz CT molecular complexity index is 771. The van der Waals surface area contributed by atoms with E-state index < -0.39 is 0 Å². The molecule has 1 fully saturated rings. The summed E-state index contributed by atoms with van der Waals surface area (Å²) >= 11 is 0. The van der Waals surface area contributed by atoms with Crippen LogP contribution in [-0.4, -0.2) is 65.9 Å². The number of piperazine rings is 1. The van der Waals surface area contributed by atoms with E-state index in [0.29, 0.717) is 24.6 Å². The van der Waals surface area contributed by atoms with Crippen LogP contribution in [0.2, 0.25) is 0 Å². The topological polar surface area (TPSA) is 90.0 Å². The number of benzene rings is 1. The van der Waals surface area contributed by atoms with Crippen LogP contribution in [-0.2, 0) is 6.42 Å². The van der Waals surface area contributed by atoms with E-state index in [1.54, 1.807) is 13.1 Å². The predicted molar refractivity (Wildman–Crippen MR) is 121 cm³/mol. The molecule has 1 aromatic heterocycles. The Hall–Kier alpha value is -2.04. The molecule has 1 aliphatic rings. The maximum Gasteiger partial charge on any atom is 0.228 e. The van der Waals surface area contributed by atoms with E-state index in [1.807, 2.05) is 32.0 Å². The number of aliphatic imine (C=N–C) groups is 1. The molecule has 0 unspecified atom stereocenters. The molecule has 0 bridgehead atoms. The van der Waals surface area contributed by atoms with Crippen molar-refractivity contribution in [2.75, 3.05) is 44.7 Å². The first-order valence-electron chi connectivity index (χ1n) is 9.39. The molecule has 2 heterocycles. The lowest BCUT2D eigenvalue weighted by atomic mass is 10.2. The van der Waals surface area contributed by atoms with Crippen molar-refractivity contribution in [1.29, 1.82) is 0 Å². The number of aromatic hydroxyl groups is 1. The maximum atomic E-state index is 10.0. The smallest absolute Gasteiger partial charge is 0.228 e. The molecule has 3 rings (SSSR count). The molecule has 154 valence electrons. The van der Waals surface area contributed by atoms with Crippen LogP contribution < -0.4 is 10.2 Å². The second kappa shape index (κ2) is 10.5. The molecule has 1 saturated heterocycles. The van der Waals surface area contributed by atoms with Gasteiger partial charge in [0.2, 0.25) is 5.89 Å². The fourth-order valence-corrected chi connectivity index (χ4v) is 3.11. The first-order valence-corrected chi connectivity index (χ1v) is 9.39. The summed E-state index contributed by atoms with van der Waals surface area (Å²) in [6.45, 7) is 8.12. The van der Waals surface area contributed by atoms with E-state index in [4.69, 9.17) is 4.52 Å². The SMILES string of the molecule is CN=C(NCCc1nc(C(C)C)no1)N1CCN(c2ccccc2O)CC1.I. The number of anilines is 1. The Morgan fingerprint density at radius 1 is 1.25 bits per heavy atom. The van der Waals surface area contributed by atoms with Crippen LogP contribution in [0.1, 0.15) is 31.5 Å². The number of aromatic nitrogens is 2. The van der Waals surface area contributed by atoms with Gasteiger partial charge in [0.25, 0.3) is 0 Å². The number of rotatable bonds is 5. The van der Waals surface area contributed by atoms with Gasteiger partial charge in [-0.1, -0.05) is 31.1 Å². The third-order valence-electron chi connectivity index (χ3n) is 4.64. The zero-order chi connectivity index (χ0) is 19.2. The Balaban J connectivity index is 0.00000280. The van der Waals surface area contributed by atoms with E-state index in [-0.39, 0.29) is 29.9 Å². The fourth-order valence-electron chi connectivity index (χ4n) is 3.11. The minimum Gasteiger partial charge on any atom is -0.506 e. The van der Waals surface area contributed by atoms with Crippen molar-refractivity contribution in [2.45, 2.75) is 26.2 Å². The normalized spacial score (nSPS) is 14.9. The molecule has 28 heavy (non-hydrogen) atoms. The lowest BCUT2D eigenvalue weighted by Gasteiger charge is -2.37. The molecule has 0 radical (unpaired) electrons. The minimum atomic E-state index is 0. The minimum absolute atomic E-state index is 0. The number of hydrogen-bond acceptors (Lipinski definition) is 6. The highest BCUT2D eigenvalue weighted by Gasteiger charge is 2.21. The molecule has 2 aromatic rings. The average molecular weight is 500 g/mol. The van der Waals surface area contributed by atoms with Crippen LogP contribution in [0.25, 0.3) is 0 Å². The monoisotopic (exact) mass is 500 g/mol. The summed E-state index contributed by atoms with van der Waals surface area (Å²) in [5.74, 6) is 2.86. The first-order chi connectivity index (χ1) is 13.1. The molecular weight excluding hydrogens is 471 g/mol. The van der Waals surface area contributed by atoms with Crippen molar-refractivity contribution in [2.24, 2.45) is 4.99 Å². The first kappa shape index (κ1) is 22.3. The van der Waals surface area contributed by atoms with Gasteiger partial charge in [0, 0.05) is 52.1 Å². The second-order valence-electron chi connectivity index (χ2n) is 6.89. The number of phenols is 1. The third kappa shape index (κ3) is 5.49. The number of nitrogens with one attached hydrogen (secondary N) is 1. The van der Waals surface area contributed by atoms with E-state index in [9.17, 15) is 5.11 Å². The Kier molecular flexibility index (Phi) is 8.34. The molecule has 8 nitrogen and oxygen atoms in total. The number of halogens is 1. The number of para-hydroxylation sites is 2. The van der Waals surface area contributed by atoms with Crippen molar-refractivity contribution in [3.8, 4) is 5.75 Å². The second-order valence-corrected chi connectivity index (χ2v) is 6.89. The summed E-state index contributed by atoms with van der Waals surface area (Å²) in [5, 5.41) is 17.4. The Morgan fingerprint density at radius 2 is 1.96 bits per heavy atom. The van der Waals surface area contributed by atoms with E-state index >= 15 is 0 Å². The van der Waals surface area contributed by atoms with Gasteiger partial charge in [-0.2, -0.15) is 4.98 Å². The van der Waals surface area contributed by atoms with Crippen LogP contribution in [0.4, 0.5) is 5.69 Å². The van der Waals surface area contributed by atoms with Gasteiger partial charge in [-0.3, -0.25) is 4.99 Å². The predicted octanol–water partition coefficient (Wildman–Crippen LogP) is 2.46. The molecular formula is C19H29IN6O2. The Labute approximate surface area is 183 Å². The van der Waals surface area contributed by atoms with Crippen molar-refractivity contribution in [3.63, 3.8) is 0 Å². The van der Waals surface area contributed by atoms with Crippen molar-refractivity contribution >= 4 is 35.6 Å². The molecule has 0 spiro atoms. The van der Waals surface area contributed by atoms with Crippen LogP contribution in [0.15, 0.2) is 33.8 Å². The quantitative estimate of drug-likeness (QED) is 0.371. The number of phenolic OH excluding ortho intramolecular Hbond substituents is 1. The highest BCUT2D eigenvalue weighted by molar-refractivity contribution is 14.0. The van der Waals surface area contributed by atoms with Gasteiger partial charge < -0.3 is 24.7 Å². The van der Waals surface area contributed by atoms with Crippen LogP contribution in [0.5, 0.6) is 5.75 Å².